The Balaban J connectivity index is 1.68. The zero-order valence-corrected chi connectivity index (χ0v) is 13.0. The average Bonchev–Trinajstić information content (AvgIpc) is 3.15. The highest BCUT2D eigenvalue weighted by molar-refractivity contribution is 7.89. The second kappa shape index (κ2) is 7.88. The molecule has 2 rings (SSSR count). The van der Waals surface area contributed by atoms with Crippen LogP contribution in [-0.4, -0.2) is 44.5 Å². The number of aryl methyl sites for hydroxylation is 1. The number of rotatable bonds is 11. The molecule has 1 heterocycles. The predicted octanol–water partition coefficient (Wildman–Crippen LogP) is 0.327. The number of ether oxygens (including phenoxy) is 1. The maximum Gasteiger partial charge on any atom is 0.243 e. The van der Waals surface area contributed by atoms with Crippen molar-refractivity contribution < 1.29 is 13.2 Å². The van der Waals surface area contributed by atoms with E-state index >= 15 is 0 Å². The summed E-state index contributed by atoms with van der Waals surface area (Å²) in [5.74, 6) is 0.737. The number of nitrogens with one attached hydrogen (secondary N) is 1. The maximum atomic E-state index is 12.0. The van der Waals surface area contributed by atoms with E-state index in [-0.39, 0.29) is 4.90 Å². The van der Waals surface area contributed by atoms with E-state index in [0.29, 0.717) is 32.7 Å². The summed E-state index contributed by atoms with van der Waals surface area (Å²) >= 11 is 0. The van der Waals surface area contributed by atoms with Crippen molar-refractivity contribution in [3.63, 3.8) is 0 Å². The first-order chi connectivity index (χ1) is 10.1. The average molecular weight is 316 g/mol. The van der Waals surface area contributed by atoms with E-state index in [0.717, 1.165) is 18.9 Å². The number of hydrogen-bond acceptors (Lipinski definition) is 5. The second-order valence-corrected chi connectivity index (χ2v) is 7.12. The van der Waals surface area contributed by atoms with Crippen LogP contribution in [0.2, 0.25) is 0 Å². The maximum absolute atomic E-state index is 12.0. The van der Waals surface area contributed by atoms with Crippen LogP contribution < -0.4 is 10.5 Å². The van der Waals surface area contributed by atoms with E-state index in [1.165, 1.54) is 25.2 Å². The van der Waals surface area contributed by atoms with Crippen LogP contribution in [-0.2, 0) is 21.3 Å². The molecule has 0 aliphatic heterocycles. The summed E-state index contributed by atoms with van der Waals surface area (Å²) in [5.41, 5.74) is 5.41. The van der Waals surface area contributed by atoms with Crippen molar-refractivity contribution in [1.29, 1.82) is 0 Å². The standard InChI is InChI=1S/C13H24N4O3S/c14-5-1-7-17-10-13(9-15-17)21(18,19)16-6-2-8-20-11-12-3-4-12/h9-10,12,16H,1-8,11,14H2. The molecule has 3 N–H and O–H groups in total. The van der Waals surface area contributed by atoms with Crippen molar-refractivity contribution in [3.05, 3.63) is 12.4 Å². The molecule has 0 atom stereocenters. The lowest BCUT2D eigenvalue weighted by Gasteiger charge is -2.05. The van der Waals surface area contributed by atoms with Gasteiger partial charge in [-0.2, -0.15) is 5.10 Å². The lowest BCUT2D eigenvalue weighted by atomic mass is 10.4. The third-order valence-electron chi connectivity index (χ3n) is 3.32. The van der Waals surface area contributed by atoms with E-state index in [1.54, 1.807) is 4.68 Å². The van der Waals surface area contributed by atoms with Gasteiger partial charge in [0.1, 0.15) is 4.90 Å². The fourth-order valence-corrected chi connectivity index (χ4v) is 2.88. The molecule has 7 nitrogen and oxygen atoms in total. The van der Waals surface area contributed by atoms with Gasteiger partial charge in [-0.1, -0.05) is 0 Å². The number of nitrogens with two attached hydrogens (primary N) is 1. The number of hydrogen-bond donors (Lipinski definition) is 2. The van der Waals surface area contributed by atoms with Gasteiger partial charge in [0.2, 0.25) is 10.0 Å². The van der Waals surface area contributed by atoms with Gasteiger partial charge in [0, 0.05) is 32.5 Å². The largest absolute Gasteiger partial charge is 0.381 e. The zero-order chi connectivity index (χ0) is 15.1. The Morgan fingerprint density at radius 1 is 1.43 bits per heavy atom. The van der Waals surface area contributed by atoms with Crippen molar-refractivity contribution in [3.8, 4) is 0 Å². The minimum atomic E-state index is -3.48. The second-order valence-electron chi connectivity index (χ2n) is 5.35. The van der Waals surface area contributed by atoms with E-state index in [4.69, 9.17) is 10.5 Å². The minimum absolute atomic E-state index is 0.193. The zero-order valence-electron chi connectivity index (χ0n) is 12.2. The van der Waals surface area contributed by atoms with Gasteiger partial charge in [0.05, 0.1) is 6.20 Å². The Morgan fingerprint density at radius 2 is 2.24 bits per heavy atom. The monoisotopic (exact) mass is 316 g/mol. The molecular weight excluding hydrogens is 292 g/mol. The number of sulfonamides is 1. The van der Waals surface area contributed by atoms with Crippen LogP contribution in [0.5, 0.6) is 0 Å². The van der Waals surface area contributed by atoms with Crippen LogP contribution in [0.4, 0.5) is 0 Å². The first kappa shape index (κ1) is 16.4. The summed E-state index contributed by atoms with van der Waals surface area (Å²) in [6.07, 6.45) is 6.87. The molecular formula is C13H24N4O3S. The molecule has 1 aliphatic rings. The summed E-state index contributed by atoms with van der Waals surface area (Å²) in [6, 6.07) is 0. The quantitative estimate of drug-likeness (QED) is 0.573. The van der Waals surface area contributed by atoms with Gasteiger partial charge in [-0.05, 0) is 38.1 Å². The van der Waals surface area contributed by atoms with Crippen molar-refractivity contribution in [2.45, 2.75) is 37.1 Å². The third-order valence-corrected chi connectivity index (χ3v) is 4.73. The molecule has 8 heteroatoms. The Morgan fingerprint density at radius 3 is 2.95 bits per heavy atom. The van der Waals surface area contributed by atoms with E-state index < -0.39 is 10.0 Å². The molecule has 120 valence electrons. The molecule has 0 saturated heterocycles. The molecule has 0 radical (unpaired) electrons. The molecule has 0 unspecified atom stereocenters. The molecule has 0 aromatic carbocycles. The van der Waals surface area contributed by atoms with E-state index in [9.17, 15) is 8.42 Å². The topological polar surface area (TPSA) is 99.2 Å². The van der Waals surface area contributed by atoms with Gasteiger partial charge in [0.15, 0.2) is 0 Å². The highest BCUT2D eigenvalue weighted by Gasteiger charge is 2.21. The molecule has 1 saturated carbocycles. The molecule has 1 aromatic heterocycles. The van der Waals surface area contributed by atoms with Crippen molar-refractivity contribution in [2.75, 3.05) is 26.3 Å². The van der Waals surface area contributed by atoms with E-state index in [2.05, 4.69) is 9.82 Å². The Hall–Kier alpha value is -0.960. The lowest BCUT2D eigenvalue weighted by Crippen LogP contribution is -2.25. The highest BCUT2D eigenvalue weighted by atomic mass is 32.2. The molecule has 0 spiro atoms. The molecule has 0 amide bonds. The van der Waals surface area contributed by atoms with Gasteiger partial charge in [-0.3, -0.25) is 4.68 Å². The van der Waals surface area contributed by atoms with Crippen LogP contribution in [0.25, 0.3) is 0 Å². The van der Waals surface area contributed by atoms with Crippen LogP contribution in [0.15, 0.2) is 17.3 Å². The van der Waals surface area contributed by atoms with Gasteiger partial charge >= 0.3 is 0 Å². The first-order valence-electron chi connectivity index (χ1n) is 7.42. The van der Waals surface area contributed by atoms with Crippen LogP contribution in [0, 0.1) is 5.92 Å². The predicted molar refractivity (Wildman–Crippen MR) is 79.2 cm³/mol. The summed E-state index contributed by atoms with van der Waals surface area (Å²) in [7, 11) is -3.48. The van der Waals surface area contributed by atoms with Gasteiger partial charge in [-0.15, -0.1) is 0 Å². The summed E-state index contributed by atoms with van der Waals surface area (Å²) in [5, 5.41) is 4.02. The lowest BCUT2D eigenvalue weighted by molar-refractivity contribution is 0.123. The number of aromatic nitrogens is 2. The van der Waals surface area contributed by atoms with Crippen LogP contribution >= 0.6 is 0 Å². The summed E-state index contributed by atoms with van der Waals surface area (Å²) < 4.78 is 33.7. The van der Waals surface area contributed by atoms with Crippen molar-refractivity contribution in [2.24, 2.45) is 11.7 Å². The molecule has 21 heavy (non-hydrogen) atoms. The summed E-state index contributed by atoms with van der Waals surface area (Å²) in [6.45, 7) is 2.96. The van der Waals surface area contributed by atoms with Gasteiger partial charge < -0.3 is 10.5 Å². The smallest absolute Gasteiger partial charge is 0.243 e. The Labute approximate surface area is 125 Å². The number of nitrogens with zero attached hydrogens (tertiary/aromatic N) is 2. The first-order valence-corrected chi connectivity index (χ1v) is 8.90. The molecule has 1 fully saturated rings. The highest BCUT2D eigenvalue weighted by Crippen LogP contribution is 2.28. The fraction of sp³-hybridized carbons (Fsp3) is 0.769. The molecule has 0 bridgehead atoms. The van der Waals surface area contributed by atoms with Crippen molar-refractivity contribution >= 4 is 10.0 Å². The fourth-order valence-electron chi connectivity index (χ4n) is 1.86. The van der Waals surface area contributed by atoms with Gasteiger partial charge in [0.25, 0.3) is 0 Å². The minimum Gasteiger partial charge on any atom is -0.381 e. The van der Waals surface area contributed by atoms with Crippen LogP contribution in [0.3, 0.4) is 0 Å². The Kier molecular flexibility index (Phi) is 6.16. The molecule has 1 aromatic rings. The Bertz CT molecular complexity index is 525. The SMILES string of the molecule is NCCCn1cc(S(=O)(=O)NCCCOCC2CC2)cn1. The van der Waals surface area contributed by atoms with Crippen molar-refractivity contribution in [1.82, 2.24) is 14.5 Å². The van der Waals surface area contributed by atoms with Gasteiger partial charge in [-0.25, -0.2) is 13.1 Å². The third kappa shape index (κ3) is 5.74. The molecule has 1 aliphatic carbocycles. The normalized spacial score (nSPS) is 15.5. The van der Waals surface area contributed by atoms with Crippen LogP contribution in [0.1, 0.15) is 25.7 Å². The van der Waals surface area contributed by atoms with E-state index in [1.807, 2.05) is 0 Å². The summed E-state index contributed by atoms with van der Waals surface area (Å²) in [4.78, 5) is 0.193.